The maximum absolute atomic E-state index is 11.9. The Hall–Kier alpha value is -2.47. The van der Waals surface area contributed by atoms with E-state index in [9.17, 15) is 4.79 Å². The molecule has 0 spiro atoms. The summed E-state index contributed by atoms with van der Waals surface area (Å²) in [6.45, 7) is 3.74. The van der Waals surface area contributed by atoms with Gasteiger partial charge in [0.1, 0.15) is 0 Å². The van der Waals surface area contributed by atoms with Gasteiger partial charge in [-0.3, -0.25) is 4.79 Å². The molecule has 5 nitrogen and oxygen atoms in total. The van der Waals surface area contributed by atoms with Crippen molar-refractivity contribution in [2.45, 2.75) is 13.8 Å². The lowest BCUT2D eigenvalue weighted by atomic mass is 10.1. The summed E-state index contributed by atoms with van der Waals surface area (Å²) >= 11 is 1.61. The van der Waals surface area contributed by atoms with E-state index >= 15 is 0 Å². The highest BCUT2D eigenvalue weighted by Gasteiger charge is 2.11. The Balaban J connectivity index is 1.74. The van der Waals surface area contributed by atoms with Crippen LogP contribution in [0.4, 0.5) is 5.69 Å². The van der Waals surface area contributed by atoms with Crippen molar-refractivity contribution in [3.05, 3.63) is 52.2 Å². The summed E-state index contributed by atoms with van der Waals surface area (Å²) in [5, 5.41) is 9.50. The highest BCUT2D eigenvalue weighted by molar-refractivity contribution is 7.09. The number of aromatic nitrogens is 2. The number of hydrogen-bond acceptors (Lipinski definition) is 5. The number of anilines is 1. The van der Waals surface area contributed by atoms with Crippen molar-refractivity contribution < 1.29 is 9.32 Å². The SMILES string of the molecule is Cc1cc(C(=O)Nc2ccc(-c3csc(C)n3)cc2)on1. The van der Waals surface area contributed by atoms with Gasteiger partial charge in [0, 0.05) is 22.7 Å². The highest BCUT2D eigenvalue weighted by atomic mass is 32.1. The molecule has 0 aliphatic carbocycles. The smallest absolute Gasteiger partial charge is 0.294 e. The molecule has 6 heteroatoms. The normalized spacial score (nSPS) is 10.6. The largest absolute Gasteiger partial charge is 0.351 e. The predicted molar refractivity (Wildman–Crippen MR) is 81.5 cm³/mol. The van der Waals surface area contributed by atoms with Crippen LogP contribution in [0.2, 0.25) is 0 Å². The lowest BCUT2D eigenvalue weighted by molar-refractivity contribution is 0.0988. The molecule has 3 aromatic rings. The van der Waals surface area contributed by atoms with Crippen LogP contribution in [0.15, 0.2) is 40.2 Å². The minimum absolute atomic E-state index is 0.201. The Labute approximate surface area is 125 Å². The quantitative estimate of drug-likeness (QED) is 0.801. The zero-order valence-corrected chi connectivity index (χ0v) is 12.4. The Morgan fingerprint density at radius 1 is 1.24 bits per heavy atom. The third kappa shape index (κ3) is 3.00. The lowest BCUT2D eigenvalue weighted by Gasteiger charge is -2.03. The van der Waals surface area contributed by atoms with Crippen LogP contribution in [0.1, 0.15) is 21.3 Å². The molecule has 0 unspecified atom stereocenters. The average molecular weight is 299 g/mol. The van der Waals surface area contributed by atoms with E-state index in [-0.39, 0.29) is 11.7 Å². The van der Waals surface area contributed by atoms with Crippen molar-refractivity contribution in [3.8, 4) is 11.3 Å². The van der Waals surface area contributed by atoms with Crippen molar-refractivity contribution in [1.82, 2.24) is 10.1 Å². The van der Waals surface area contributed by atoms with Gasteiger partial charge in [-0.25, -0.2) is 4.98 Å². The van der Waals surface area contributed by atoms with Gasteiger partial charge in [-0.1, -0.05) is 17.3 Å². The third-order valence-corrected chi connectivity index (χ3v) is 3.68. The van der Waals surface area contributed by atoms with Crippen molar-refractivity contribution in [1.29, 1.82) is 0 Å². The summed E-state index contributed by atoms with van der Waals surface area (Å²) in [5.41, 5.74) is 3.34. The van der Waals surface area contributed by atoms with Crippen LogP contribution in [0.3, 0.4) is 0 Å². The first kappa shape index (κ1) is 13.5. The van der Waals surface area contributed by atoms with Crippen molar-refractivity contribution in [2.24, 2.45) is 0 Å². The average Bonchev–Trinajstić information content (AvgIpc) is 3.08. The van der Waals surface area contributed by atoms with Gasteiger partial charge in [0.15, 0.2) is 0 Å². The highest BCUT2D eigenvalue weighted by Crippen LogP contribution is 2.23. The number of amides is 1. The Morgan fingerprint density at radius 2 is 2.00 bits per heavy atom. The van der Waals surface area contributed by atoms with Gasteiger partial charge in [0.05, 0.1) is 16.4 Å². The maximum Gasteiger partial charge on any atom is 0.294 e. The topological polar surface area (TPSA) is 68.0 Å². The number of nitrogens with zero attached hydrogens (tertiary/aromatic N) is 2. The minimum atomic E-state index is -0.312. The van der Waals surface area contributed by atoms with Crippen LogP contribution in [-0.2, 0) is 0 Å². The molecule has 0 saturated heterocycles. The molecule has 0 radical (unpaired) electrons. The van der Waals surface area contributed by atoms with E-state index in [2.05, 4.69) is 15.5 Å². The molecule has 0 fully saturated rings. The molecule has 2 heterocycles. The predicted octanol–water partition coefficient (Wildman–Crippen LogP) is 3.67. The summed E-state index contributed by atoms with van der Waals surface area (Å²) in [7, 11) is 0. The zero-order valence-electron chi connectivity index (χ0n) is 11.6. The fourth-order valence-corrected chi connectivity index (χ4v) is 2.51. The van der Waals surface area contributed by atoms with Crippen molar-refractivity contribution in [3.63, 3.8) is 0 Å². The summed E-state index contributed by atoms with van der Waals surface area (Å²) in [6, 6.07) is 9.13. The van der Waals surface area contributed by atoms with E-state index in [4.69, 9.17) is 4.52 Å². The van der Waals surface area contributed by atoms with Gasteiger partial charge in [-0.15, -0.1) is 11.3 Å². The van der Waals surface area contributed by atoms with Crippen molar-refractivity contribution in [2.75, 3.05) is 5.32 Å². The van der Waals surface area contributed by atoms with Gasteiger partial charge in [0.25, 0.3) is 5.91 Å². The van der Waals surface area contributed by atoms with Gasteiger partial charge >= 0.3 is 0 Å². The number of carbonyl (C=O) groups excluding carboxylic acids is 1. The Kier molecular flexibility index (Phi) is 3.53. The van der Waals surface area contributed by atoms with E-state index in [1.165, 1.54) is 0 Å². The van der Waals surface area contributed by atoms with Gasteiger partial charge in [-0.05, 0) is 26.0 Å². The van der Waals surface area contributed by atoms with Crippen LogP contribution in [0.5, 0.6) is 0 Å². The van der Waals surface area contributed by atoms with Crippen LogP contribution in [-0.4, -0.2) is 16.0 Å². The van der Waals surface area contributed by atoms with E-state index < -0.39 is 0 Å². The molecule has 21 heavy (non-hydrogen) atoms. The first-order valence-electron chi connectivity index (χ1n) is 6.39. The van der Waals surface area contributed by atoms with E-state index in [1.54, 1.807) is 24.3 Å². The molecule has 0 aliphatic heterocycles. The molecule has 0 aliphatic rings. The first-order valence-corrected chi connectivity index (χ1v) is 7.27. The summed E-state index contributed by atoms with van der Waals surface area (Å²) in [4.78, 5) is 16.4. The second-order valence-corrected chi connectivity index (χ2v) is 5.68. The summed E-state index contributed by atoms with van der Waals surface area (Å²) in [5.74, 6) is -0.112. The molecule has 1 amide bonds. The third-order valence-electron chi connectivity index (χ3n) is 2.91. The summed E-state index contributed by atoms with van der Waals surface area (Å²) < 4.78 is 4.92. The molecule has 0 saturated carbocycles. The zero-order chi connectivity index (χ0) is 14.8. The number of nitrogens with one attached hydrogen (secondary N) is 1. The standard InChI is InChI=1S/C15H13N3O2S/c1-9-7-14(20-18-9)15(19)17-12-5-3-11(4-6-12)13-8-21-10(2)16-13/h3-8H,1-2H3,(H,17,19). The fourth-order valence-electron chi connectivity index (χ4n) is 1.88. The number of carbonyl (C=O) groups is 1. The maximum atomic E-state index is 11.9. The lowest BCUT2D eigenvalue weighted by Crippen LogP contribution is -2.10. The van der Waals surface area contributed by atoms with Crippen LogP contribution < -0.4 is 5.32 Å². The monoisotopic (exact) mass is 299 g/mol. The molecule has 0 bridgehead atoms. The molecule has 3 rings (SSSR count). The van der Waals surface area contributed by atoms with Gasteiger partial charge in [0.2, 0.25) is 5.76 Å². The van der Waals surface area contributed by atoms with Gasteiger partial charge < -0.3 is 9.84 Å². The number of benzene rings is 1. The number of aryl methyl sites for hydroxylation is 2. The number of thiazole rings is 1. The molecule has 1 aromatic carbocycles. The Bertz CT molecular complexity index is 774. The number of rotatable bonds is 3. The Morgan fingerprint density at radius 3 is 2.57 bits per heavy atom. The summed E-state index contributed by atoms with van der Waals surface area (Å²) in [6.07, 6.45) is 0. The molecule has 0 atom stereocenters. The molecular formula is C15H13N3O2S. The number of hydrogen-bond donors (Lipinski definition) is 1. The second-order valence-electron chi connectivity index (χ2n) is 4.62. The van der Waals surface area contributed by atoms with E-state index in [0.717, 1.165) is 16.3 Å². The van der Waals surface area contributed by atoms with Crippen LogP contribution >= 0.6 is 11.3 Å². The van der Waals surface area contributed by atoms with Crippen LogP contribution in [0.25, 0.3) is 11.3 Å². The molecule has 2 aromatic heterocycles. The van der Waals surface area contributed by atoms with Crippen LogP contribution in [0, 0.1) is 13.8 Å². The van der Waals surface area contributed by atoms with Gasteiger partial charge in [-0.2, -0.15) is 0 Å². The molecular weight excluding hydrogens is 286 g/mol. The van der Waals surface area contributed by atoms with Crippen molar-refractivity contribution >= 4 is 22.9 Å². The van der Waals surface area contributed by atoms with E-state index in [1.807, 2.05) is 36.6 Å². The molecule has 1 N–H and O–H groups in total. The van der Waals surface area contributed by atoms with E-state index in [0.29, 0.717) is 11.4 Å². The fraction of sp³-hybridized carbons (Fsp3) is 0.133. The minimum Gasteiger partial charge on any atom is -0.351 e. The second kappa shape index (κ2) is 5.49. The first-order chi connectivity index (χ1) is 10.1. The molecule has 106 valence electrons.